The summed E-state index contributed by atoms with van der Waals surface area (Å²) < 4.78 is 13.1. The number of nitrogens with zero attached hydrogens (tertiary/aromatic N) is 2. The van der Waals surface area contributed by atoms with Gasteiger partial charge >= 0.3 is 5.97 Å². The van der Waals surface area contributed by atoms with Crippen LogP contribution in [0.3, 0.4) is 0 Å². The molecule has 0 amide bonds. The van der Waals surface area contributed by atoms with Crippen molar-refractivity contribution in [3.8, 4) is 17.0 Å². The Morgan fingerprint density at radius 1 is 1.44 bits per heavy atom. The van der Waals surface area contributed by atoms with Crippen LogP contribution < -0.4 is 4.74 Å². The first-order valence-corrected chi connectivity index (χ1v) is 6.13. The van der Waals surface area contributed by atoms with E-state index in [0.29, 0.717) is 17.0 Å². The normalized spacial score (nSPS) is 10.3. The highest BCUT2D eigenvalue weighted by Gasteiger charge is 2.20. The van der Waals surface area contributed by atoms with Gasteiger partial charge in [-0.05, 0) is 24.1 Å². The molecule has 1 aromatic carbocycles. The van der Waals surface area contributed by atoms with Gasteiger partial charge in [0.2, 0.25) is 0 Å². The van der Waals surface area contributed by atoms with Crippen LogP contribution >= 0.6 is 11.7 Å². The van der Waals surface area contributed by atoms with Crippen LogP contribution in [-0.2, 0) is 6.42 Å². The fourth-order valence-corrected chi connectivity index (χ4v) is 2.22. The van der Waals surface area contributed by atoms with E-state index in [4.69, 9.17) is 9.84 Å². The molecule has 5 nitrogen and oxygen atoms in total. The van der Waals surface area contributed by atoms with E-state index in [1.54, 1.807) is 7.11 Å². The van der Waals surface area contributed by atoms with Crippen LogP contribution in [0.25, 0.3) is 11.3 Å². The van der Waals surface area contributed by atoms with Crippen LogP contribution in [0, 0.1) is 0 Å². The molecule has 0 aliphatic rings. The zero-order valence-corrected chi connectivity index (χ0v) is 10.8. The quantitative estimate of drug-likeness (QED) is 0.918. The second-order valence-corrected chi connectivity index (χ2v) is 4.18. The van der Waals surface area contributed by atoms with Gasteiger partial charge < -0.3 is 9.84 Å². The summed E-state index contributed by atoms with van der Waals surface area (Å²) in [6.45, 7) is 2.03. The van der Waals surface area contributed by atoms with Crippen molar-refractivity contribution in [2.45, 2.75) is 13.3 Å². The molecular formula is C12H12N2O3S. The molecule has 0 aliphatic heterocycles. The van der Waals surface area contributed by atoms with E-state index in [1.807, 2.05) is 25.1 Å². The van der Waals surface area contributed by atoms with Crippen molar-refractivity contribution in [3.05, 3.63) is 29.5 Å². The van der Waals surface area contributed by atoms with Gasteiger partial charge in [0.1, 0.15) is 11.4 Å². The van der Waals surface area contributed by atoms with E-state index in [0.717, 1.165) is 23.7 Å². The first-order valence-electron chi connectivity index (χ1n) is 5.40. The minimum Gasteiger partial charge on any atom is -0.496 e. The van der Waals surface area contributed by atoms with Gasteiger partial charge in [0.25, 0.3) is 0 Å². The van der Waals surface area contributed by atoms with Gasteiger partial charge in [0.05, 0.1) is 18.8 Å². The predicted molar refractivity (Wildman–Crippen MR) is 68.2 cm³/mol. The number of hydrogen-bond donors (Lipinski definition) is 1. The zero-order chi connectivity index (χ0) is 13.1. The number of methoxy groups -OCH3 is 1. The third-order valence-corrected chi connectivity index (χ3v) is 3.15. The van der Waals surface area contributed by atoms with Crippen molar-refractivity contribution >= 4 is 17.7 Å². The summed E-state index contributed by atoms with van der Waals surface area (Å²) in [4.78, 5) is 11.1. The Morgan fingerprint density at radius 2 is 2.22 bits per heavy atom. The summed E-state index contributed by atoms with van der Waals surface area (Å²) in [5.41, 5.74) is 2.09. The van der Waals surface area contributed by atoms with Crippen LogP contribution in [0.15, 0.2) is 18.2 Å². The maximum absolute atomic E-state index is 11.1. The Kier molecular flexibility index (Phi) is 3.57. The van der Waals surface area contributed by atoms with Crippen LogP contribution in [0.2, 0.25) is 0 Å². The van der Waals surface area contributed by atoms with Gasteiger partial charge in [-0.1, -0.05) is 13.0 Å². The number of hydrogen-bond acceptors (Lipinski definition) is 5. The number of aromatic nitrogens is 2. The Morgan fingerprint density at radius 3 is 2.83 bits per heavy atom. The largest absolute Gasteiger partial charge is 0.496 e. The number of carbonyl (C=O) groups is 1. The van der Waals surface area contributed by atoms with Gasteiger partial charge in [-0.2, -0.15) is 8.75 Å². The minimum absolute atomic E-state index is 0.0356. The average Bonchev–Trinajstić information content (AvgIpc) is 2.87. The lowest BCUT2D eigenvalue weighted by Gasteiger charge is -2.08. The summed E-state index contributed by atoms with van der Waals surface area (Å²) >= 11 is 0.886. The average molecular weight is 264 g/mol. The zero-order valence-electron chi connectivity index (χ0n) is 10.0. The molecule has 0 spiro atoms. The summed E-state index contributed by atoms with van der Waals surface area (Å²) in [5, 5.41) is 9.07. The third kappa shape index (κ3) is 2.19. The Labute approximate surface area is 108 Å². The van der Waals surface area contributed by atoms with Crippen molar-refractivity contribution in [1.82, 2.24) is 8.75 Å². The Balaban J connectivity index is 2.61. The second-order valence-electron chi connectivity index (χ2n) is 3.65. The molecule has 0 unspecified atom stereocenters. The highest BCUT2D eigenvalue weighted by molar-refractivity contribution is 6.99. The molecule has 0 aliphatic carbocycles. The second kappa shape index (κ2) is 5.14. The molecule has 94 valence electrons. The molecule has 0 atom stereocenters. The standard InChI is InChI=1S/C12H12N2O3S/c1-3-7-4-5-9(17-2)8(6-7)10-11(12(15)16)14-18-13-10/h4-6H,3H2,1-2H3,(H,15,16). The van der Waals surface area contributed by atoms with Crippen LogP contribution in [0.4, 0.5) is 0 Å². The van der Waals surface area contributed by atoms with Crippen molar-refractivity contribution in [1.29, 1.82) is 0 Å². The highest BCUT2D eigenvalue weighted by Crippen LogP contribution is 2.32. The molecule has 18 heavy (non-hydrogen) atoms. The molecule has 0 saturated heterocycles. The van der Waals surface area contributed by atoms with E-state index in [9.17, 15) is 4.79 Å². The van der Waals surface area contributed by atoms with E-state index in [2.05, 4.69) is 8.75 Å². The van der Waals surface area contributed by atoms with Gasteiger partial charge in [0.15, 0.2) is 5.69 Å². The topological polar surface area (TPSA) is 72.3 Å². The van der Waals surface area contributed by atoms with Crippen LogP contribution in [0.5, 0.6) is 5.75 Å². The molecule has 2 aromatic rings. The number of aromatic carboxylic acids is 1. The molecule has 1 N–H and O–H groups in total. The lowest BCUT2D eigenvalue weighted by molar-refractivity contribution is 0.0692. The Bertz CT molecular complexity index is 580. The lowest BCUT2D eigenvalue weighted by atomic mass is 10.0. The molecule has 0 bridgehead atoms. The van der Waals surface area contributed by atoms with E-state index in [1.165, 1.54) is 0 Å². The third-order valence-electron chi connectivity index (χ3n) is 2.62. The molecule has 1 aromatic heterocycles. The van der Waals surface area contributed by atoms with Crippen molar-refractivity contribution in [2.24, 2.45) is 0 Å². The highest BCUT2D eigenvalue weighted by atomic mass is 32.1. The smallest absolute Gasteiger partial charge is 0.357 e. The number of benzene rings is 1. The van der Waals surface area contributed by atoms with Crippen LogP contribution in [-0.4, -0.2) is 26.9 Å². The molecule has 0 fully saturated rings. The van der Waals surface area contributed by atoms with Crippen molar-refractivity contribution in [3.63, 3.8) is 0 Å². The molecule has 2 rings (SSSR count). The molecule has 0 radical (unpaired) electrons. The monoisotopic (exact) mass is 264 g/mol. The molecule has 1 heterocycles. The number of carboxylic acids is 1. The molecule has 6 heteroatoms. The predicted octanol–water partition coefficient (Wildman–Crippen LogP) is 2.47. The summed E-state index contributed by atoms with van der Waals surface area (Å²) in [7, 11) is 1.55. The van der Waals surface area contributed by atoms with Gasteiger partial charge in [-0.25, -0.2) is 4.79 Å². The summed E-state index contributed by atoms with van der Waals surface area (Å²) in [6, 6.07) is 5.66. The fourth-order valence-electron chi connectivity index (χ4n) is 1.67. The maximum Gasteiger partial charge on any atom is 0.357 e. The summed E-state index contributed by atoms with van der Waals surface area (Å²) in [6.07, 6.45) is 0.858. The van der Waals surface area contributed by atoms with E-state index in [-0.39, 0.29) is 5.69 Å². The van der Waals surface area contributed by atoms with Gasteiger partial charge in [-0.15, -0.1) is 0 Å². The maximum atomic E-state index is 11.1. The number of carboxylic acid groups (broad SMARTS) is 1. The summed E-state index contributed by atoms with van der Waals surface area (Å²) in [5.74, 6) is -0.481. The lowest BCUT2D eigenvalue weighted by Crippen LogP contribution is -2.00. The van der Waals surface area contributed by atoms with Crippen LogP contribution in [0.1, 0.15) is 23.0 Å². The van der Waals surface area contributed by atoms with E-state index >= 15 is 0 Å². The number of rotatable bonds is 4. The Hall–Kier alpha value is -1.95. The number of ether oxygens (including phenoxy) is 1. The SMILES string of the molecule is CCc1ccc(OC)c(-c2nsnc2C(=O)O)c1. The minimum atomic E-state index is -1.08. The first-order chi connectivity index (χ1) is 8.67. The molecular weight excluding hydrogens is 252 g/mol. The fraction of sp³-hybridized carbons (Fsp3) is 0.250. The van der Waals surface area contributed by atoms with E-state index < -0.39 is 5.97 Å². The van der Waals surface area contributed by atoms with Crippen molar-refractivity contribution < 1.29 is 14.6 Å². The first kappa shape index (κ1) is 12.5. The number of aryl methyl sites for hydroxylation is 1. The molecule has 0 saturated carbocycles. The van der Waals surface area contributed by atoms with Gasteiger partial charge in [0, 0.05) is 5.56 Å². The van der Waals surface area contributed by atoms with Gasteiger partial charge in [-0.3, -0.25) is 0 Å². The van der Waals surface area contributed by atoms with Crippen molar-refractivity contribution in [2.75, 3.05) is 7.11 Å².